The molecule has 6 heteroatoms. The SMILES string of the molecule is CCN(CC)Cc1ccc(CNC(=O)Nc2cccc(Cn3cccn3)c2)cc1. The average Bonchev–Trinajstić information content (AvgIpc) is 3.24. The molecule has 3 rings (SSSR count). The van der Waals surface area contributed by atoms with E-state index in [1.54, 1.807) is 6.20 Å². The van der Waals surface area contributed by atoms with Crippen LogP contribution in [0.3, 0.4) is 0 Å². The summed E-state index contributed by atoms with van der Waals surface area (Å²) in [5, 5.41) is 10.0. The standard InChI is InChI=1S/C23H29N5O/c1-3-27(4-2)17-20-11-9-19(10-12-20)16-24-23(29)26-22-8-5-7-21(15-22)18-28-14-6-13-25-28/h5-15H,3-4,16-18H2,1-2H3,(H2,24,26,29). The number of anilines is 1. The van der Waals surface area contributed by atoms with Crippen LogP contribution < -0.4 is 10.6 Å². The second-order valence-corrected chi connectivity index (χ2v) is 6.99. The number of hydrogen-bond acceptors (Lipinski definition) is 3. The number of amides is 2. The molecule has 1 aromatic heterocycles. The van der Waals surface area contributed by atoms with Gasteiger partial charge in [0.25, 0.3) is 0 Å². The molecule has 3 aromatic rings. The van der Waals surface area contributed by atoms with Gasteiger partial charge in [0.15, 0.2) is 0 Å². The van der Waals surface area contributed by atoms with Crippen LogP contribution in [0.15, 0.2) is 67.0 Å². The number of nitrogens with zero attached hydrogens (tertiary/aromatic N) is 3. The summed E-state index contributed by atoms with van der Waals surface area (Å²) in [6, 6.07) is 17.9. The molecule has 0 spiro atoms. The van der Waals surface area contributed by atoms with Crippen molar-refractivity contribution >= 4 is 11.7 Å². The van der Waals surface area contributed by atoms with Crippen LogP contribution >= 0.6 is 0 Å². The maximum atomic E-state index is 12.3. The van der Waals surface area contributed by atoms with Gasteiger partial charge in [0.2, 0.25) is 0 Å². The molecule has 0 aliphatic heterocycles. The summed E-state index contributed by atoms with van der Waals surface area (Å²) in [7, 11) is 0. The van der Waals surface area contributed by atoms with Crippen LogP contribution in [0.4, 0.5) is 10.5 Å². The summed E-state index contributed by atoms with van der Waals surface area (Å²) in [6.07, 6.45) is 3.67. The Hall–Kier alpha value is -3.12. The van der Waals surface area contributed by atoms with E-state index in [1.807, 2.05) is 41.2 Å². The van der Waals surface area contributed by atoms with Gasteiger partial charge in [-0.3, -0.25) is 9.58 Å². The molecular formula is C23H29N5O. The van der Waals surface area contributed by atoms with E-state index in [9.17, 15) is 4.79 Å². The lowest BCUT2D eigenvalue weighted by Crippen LogP contribution is -2.28. The highest BCUT2D eigenvalue weighted by Crippen LogP contribution is 2.12. The number of carbonyl (C=O) groups excluding carboxylic acids is 1. The first-order valence-electron chi connectivity index (χ1n) is 10.1. The van der Waals surface area contributed by atoms with Crippen LogP contribution in [0.25, 0.3) is 0 Å². The highest BCUT2D eigenvalue weighted by Gasteiger charge is 2.05. The molecular weight excluding hydrogens is 362 g/mol. The molecule has 0 atom stereocenters. The minimum atomic E-state index is -0.214. The van der Waals surface area contributed by atoms with E-state index in [0.29, 0.717) is 13.1 Å². The van der Waals surface area contributed by atoms with Gasteiger partial charge < -0.3 is 10.6 Å². The summed E-state index contributed by atoms with van der Waals surface area (Å²) in [5.41, 5.74) is 4.21. The lowest BCUT2D eigenvalue weighted by Gasteiger charge is -2.18. The molecule has 0 saturated carbocycles. The number of benzene rings is 2. The molecule has 2 N–H and O–H groups in total. The van der Waals surface area contributed by atoms with E-state index < -0.39 is 0 Å². The minimum Gasteiger partial charge on any atom is -0.334 e. The van der Waals surface area contributed by atoms with Crippen molar-refractivity contribution in [2.75, 3.05) is 18.4 Å². The number of rotatable bonds is 9. The number of urea groups is 1. The van der Waals surface area contributed by atoms with Gasteiger partial charge in [-0.15, -0.1) is 0 Å². The summed E-state index contributed by atoms with van der Waals surface area (Å²) >= 11 is 0. The minimum absolute atomic E-state index is 0.214. The monoisotopic (exact) mass is 391 g/mol. The van der Waals surface area contributed by atoms with E-state index in [4.69, 9.17) is 0 Å². The van der Waals surface area contributed by atoms with E-state index in [2.05, 4.69) is 58.7 Å². The Bertz CT molecular complexity index is 886. The first-order chi connectivity index (χ1) is 14.2. The van der Waals surface area contributed by atoms with Crippen LogP contribution in [-0.4, -0.2) is 33.8 Å². The van der Waals surface area contributed by atoms with Crippen molar-refractivity contribution in [2.24, 2.45) is 0 Å². The summed E-state index contributed by atoms with van der Waals surface area (Å²) in [5.74, 6) is 0. The zero-order valence-electron chi connectivity index (χ0n) is 17.1. The van der Waals surface area contributed by atoms with Crippen molar-refractivity contribution in [1.29, 1.82) is 0 Å². The van der Waals surface area contributed by atoms with Gasteiger partial charge in [-0.1, -0.05) is 50.2 Å². The second-order valence-electron chi connectivity index (χ2n) is 6.99. The fourth-order valence-corrected chi connectivity index (χ4v) is 3.15. The third-order valence-corrected chi connectivity index (χ3v) is 4.87. The molecule has 0 bridgehead atoms. The lowest BCUT2D eigenvalue weighted by molar-refractivity contribution is 0.251. The van der Waals surface area contributed by atoms with Crippen molar-refractivity contribution in [1.82, 2.24) is 20.0 Å². The van der Waals surface area contributed by atoms with Crippen molar-refractivity contribution in [2.45, 2.75) is 33.5 Å². The highest BCUT2D eigenvalue weighted by molar-refractivity contribution is 5.89. The Kier molecular flexibility index (Phi) is 7.41. The summed E-state index contributed by atoms with van der Waals surface area (Å²) < 4.78 is 1.85. The fraction of sp³-hybridized carbons (Fsp3) is 0.304. The smallest absolute Gasteiger partial charge is 0.319 e. The Labute approximate surface area is 172 Å². The predicted molar refractivity (Wildman–Crippen MR) is 117 cm³/mol. The molecule has 0 aliphatic rings. The first-order valence-corrected chi connectivity index (χ1v) is 10.1. The maximum Gasteiger partial charge on any atom is 0.319 e. The van der Waals surface area contributed by atoms with Crippen LogP contribution in [0.1, 0.15) is 30.5 Å². The fourth-order valence-electron chi connectivity index (χ4n) is 3.15. The molecule has 0 saturated heterocycles. The topological polar surface area (TPSA) is 62.2 Å². The van der Waals surface area contributed by atoms with Crippen LogP contribution in [-0.2, 0) is 19.6 Å². The Morgan fingerprint density at radius 1 is 1.00 bits per heavy atom. The molecule has 152 valence electrons. The molecule has 0 aliphatic carbocycles. The van der Waals surface area contributed by atoms with Gasteiger partial charge in [-0.05, 0) is 48.0 Å². The molecule has 0 fully saturated rings. The van der Waals surface area contributed by atoms with Crippen molar-refractivity contribution < 1.29 is 4.79 Å². The van der Waals surface area contributed by atoms with Crippen LogP contribution in [0.2, 0.25) is 0 Å². The van der Waals surface area contributed by atoms with Crippen LogP contribution in [0, 0.1) is 0 Å². The number of nitrogens with one attached hydrogen (secondary N) is 2. The Balaban J connectivity index is 1.48. The first kappa shape index (κ1) is 20.6. The summed E-state index contributed by atoms with van der Waals surface area (Å²) in [4.78, 5) is 14.6. The van der Waals surface area contributed by atoms with E-state index in [1.165, 1.54) is 5.56 Å². The van der Waals surface area contributed by atoms with Crippen molar-refractivity contribution in [3.8, 4) is 0 Å². The summed E-state index contributed by atoms with van der Waals surface area (Å²) in [6.45, 7) is 8.55. The maximum absolute atomic E-state index is 12.3. The molecule has 2 aromatic carbocycles. The highest BCUT2D eigenvalue weighted by atomic mass is 16.2. The van der Waals surface area contributed by atoms with Gasteiger partial charge in [0.05, 0.1) is 6.54 Å². The molecule has 1 heterocycles. The zero-order chi connectivity index (χ0) is 20.5. The molecule has 0 radical (unpaired) electrons. The van der Waals surface area contributed by atoms with Crippen molar-refractivity contribution in [3.63, 3.8) is 0 Å². The molecule has 2 amide bonds. The Morgan fingerprint density at radius 2 is 1.76 bits per heavy atom. The number of carbonyl (C=O) groups is 1. The van der Waals surface area contributed by atoms with Crippen LogP contribution in [0.5, 0.6) is 0 Å². The predicted octanol–water partition coefficient (Wildman–Crippen LogP) is 4.09. The van der Waals surface area contributed by atoms with E-state index in [0.717, 1.165) is 36.4 Å². The lowest BCUT2D eigenvalue weighted by atomic mass is 10.1. The van der Waals surface area contributed by atoms with E-state index in [-0.39, 0.29) is 6.03 Å². The zero-order valence-corrected chi connectivity index (χ0v) is 17.1. The third-order valence-electron chi connectivity index (χ3n) is 4.87. The number of hydrogen-bond donors (Lipinski definition) is 2. The van der Waals surface area contributed by atoms with Gasteiger partial charge in [0.1, 0.15) is 0 Å². The van der Waals surface area contributed by atoms with Gasteiger partial charge in [-0.25, -0.2) is 4.79 Å². The Morgan fingerprint density at radius 3 is 2.45 bits per heavy atom. The van der Waals surface area contributed by atoms with Gasteiger partial charge in [0, 0.05) is 31.2 Å². The molecule has 29 heavy (non-hydrogen) atoms. The van der Waals surface area contributed by atoms with Gasteiger partial charge in [-0.2, -0.15) is 5.10 Å². The van der Waals surface area contributed by atoms with Crippen molar-refractivity contribution in [3.05, 3.63) is 83.7 Å². The quantitative estimate of drug-likeness (QED) is 0.577. The largest absolute Gasteiger partial charge is 0.334 e. The van der Waals surface area contributed by atoms with E-state index >= 15 is 0 Å². The molecule has 6 nitrogen and oxygen atoms in total. The normalized spacial score (nSPS) is 10.9. The van der Waals surface area contributed by atoms with Gasteiger partial charge >= 0.3 is 6.03 Å². The average molecular weight is 392 g/mol. The second kappa shape index (κ2) is 10.4. The third kappa shape index (κ3) is 6.47. The molecule has 0 unspecified atom stereocenters. The number of aromatic nitrogens is 2.